The first-order chi connectivity index (χ1) is 10.8. The van der Waals surface area contributed by atoms with Gasteiger partial charge in [0.1, 0.15) is 5.82 Å². The summed E-state index contributed by atoms with van der Waals surface area (Å²) in [5.74, 6) is 0.177. The maximum absolute atomic E-state index is 13.5. The van der Waals surface area contributed by atoms with Gasteiger partial charge in [0.2, 0.25) is 0 Å². The Morgan fingerprint density at radius 1 is 1.21 bits per heavy atom. The number of alkyl halides is 3. The van der Waals surface area contributed by atoms with Crippen molar-refractivity contribution in [1.82, 2.24) is 15.5 Å². The maximum atomic E-state index is 13.5. The predicted molar refractivity (Wildman–Crippen MR) is 98.2 cm³/mol. The van der Waals surface area contributed by atoms with Crippen LogP contribution in [0.5, 0.6) is 0 Å². The second kappa shape index (κ2) is 11.5. The molecule has 0 aliphatic heterocycles. The van der Waals surface area contributed by atoms with Gasteiger partial charge in [-0.3, -0.25) is 9.89 Å². The van der Waals surface area contributed by atoms with Crippen LogP contribution in [-0.4, -0.2) is 50.8 Å². The third kappa shape index (κ3) is 9.91. The lowest BCUT2D eigenvalue weighted by atomic mass is 10.2. The molecule has 0 aliphatic rings. The van der Waals surface area contributed by atoms with E-state index in [0.717, 1.165) is 0 Å². The second-order valence-corrected chi connectivity index (χ2v) is 5.15. The van der Waals surface area contributed by atoms with Crippen molar-refractivity contribution < 1.29 is 17.6 Å². The number of rotatable bonds is 7. The van der Waals surface area contributed by atoms with Crippen LogP contribution >= 0.6 is 24.0 Å². The van der Waals surface area contributed by atoms with Gasteiger partial charge in [0, 0.05) is 25.7 Å². The van der Waals surface area contributed by atoms with Crippen LogP contribution in [0.3, 0.4) is 0 Å². The van der Waals surface area contributed by atoms with Crippen LogP contribution in [0.4, 0.5) is 17.6 Å². The van der Waals surface area contributed by atoms with E-state index in [0.29, 0.717) is 31.0 Å². The number of aliphatic imine (C=N–C) groups is 1. The van der Waals surface area contributed by atoms with E-state index >= 15 is 0 Å². The average Bonchev–Trinajstić information content (AvgIpc) is 2.46. The number of nitrogens with zero attached hydrogens (tertiary/aromatic N) is 2. The third-order valence-corrected chi connectivity index (χ3v) is 3.09. The van der Waals surface area contributed by atoms with Gasteiger partial charge in [0.15, 0.2) is 5.96 Å². The minimum Gasteiger partial charge on any atom is -0.356 e. The molecule has 0 radical (unpaired) electrons. The van der Waals surface area contributed by atoms with E-state index in [1.807, 2.05) is 0 Å². The minimum atomic E-state index is -4.18. The molecule has 0 atom stereocenters. The van der Waals surface area contributed by atoms with Crippen LogP contribution in [0.25, 0.3) is 0 Å². The van der Waals surface area contributed by atoms with Gasteiger partial charge in [0.25, 0.3) is 0 Å². The second-order valence-electron chi connectivity index (χ2n) is 5.15. The average molecular weight is 462 g/mol. The molecule has 0 unspecified atom stereocenters. The zero-order chi connectivity index (χ0) is 17.3. The summed E-state index contributed by atoms with van der Waals surface area (Å²) in [6.45, 7) is 0.142. The Bertz CT molecular complexity index is 508. The summed E-state index contributed by atoms with van der Waals surface area (Å²) in [6.07, 6.45) is -3.65. The first kappa shape index (κ1) is 22.9. The lowest BCUT2D eigenvalue weighted by molar-refractivity contribution is -0.143. The van der Waals surface area contributed by atoms with Crippen LogP contribution in [0, 0.1) is 5.82 Å². The fourth-order valence-corrected chi connectivity index (χ4v) is 1.98. The van der Waals surface area contributed by atoms with Crippen LogP contribution in [0.2, 0.25) is 0 Å². The van der Waals surface area contributed by atoms with Crippen LogP contribution in [0.15, 0.2) is 29.3 Å². The Morgan fingerprint density at radius 3 is 2.46 bits per heavy atom. The first-order valence-corrected chi connectivity index (χ1v) is 7.25. The largest absolute Gasteiger partial charge is 0.401 e. The predicted octanol–water partition coefficient (Wildman–Crippen LogP) is 2.99. The van der Waals surface area contributed by atoms with E-state index in [9.17, 15) is 17.6 Å². The normalized spacial score (nSPS) is 12.0. The smallest absolute Gasteiger partial charge is 0.356 e. The summed E-state index contributed by atoms with van der Waals surface area (Å²) < 4.78 is 50.0. The molecule has 0 aliphatic carbocycles. The SMILES string of the molecule is CN=C(NCCCN(C)CC(F)(F)F)NCc1ccccc1F.I. The molecule has 0 aromatic heterocycles. The Morgan fingerprint density at radius 2 is 1.88 bits per heavy atom. The topological polar surface area (TPSA) is 39.7 Å². The van der Waals surface area contributed by atoms with Gasteiger partial charge in [0.05, 0.1) is 6.54 Å². The molecule has 138 valence electrons. The molecule has 0 saturated carbocycles. The van der Waals surface area contributed by atoms with Crippen molar-refractivity contribution >= 4 is 29.9 Å². The quantitative estimate of drug-likeness (QED) is 0.215. The molecule has 1 rings (SSSR count). The summed E-state index contributed by atoms with van der Waals surface area (Å²) in [4.78, 5) is 5.21. The molecule has 0 spiro atoms. The molecule has 0 amide bonds. The molecule has 4 nitrogen and oxygen atoms in total. The van der Waals surface area contributed by atoms with E-state index in [-0.39, 0.29) is 36.3 Å². The van der Waals surface area contributed by atoms with Gasteiger partial charge in [-0.1, -0.05) is 18.2 Å². The monoisotopic (exact) mass is 462 g/mol. The fourth-order valence-electron chi connectivity index (χ4n) is 1.98. The number of benzene rings is 1. The Labute approximate surface area is 156 Å². The molecule has 2 N–H and O–H groups in total. The van der Waals surface area contributed by atoms with Gasteiger partial charge >= 0.3 is 6.18 Å². The number of guanidine groups is 1. The van der Waals surface area contributed by atoms with Crippen molar-refractivity contribution in [3.05, 3.63) is 35.6 Å². The minimum absolute atomic E-state index is 0. The Balaban J connectivity index is 0.00000529. The van der Waals surface area contributed by atoms with Gasteiger partial charge in [-0.15, -0.1) is 24.0 Å². The highest BCUT2D eigenvalue weighted by Gasteiger charge is 2.28. The molecular formula is C15H23F4IN4. The van der Waals surface area contributed by atoms with E-state index in [1.54, 1.807) is 25.2 Å². The van der Waals surface area contributed by atoms with E-state index in [2.05, 4.69) is 15.6 Å². The maximum Gasteiger partial charge on any atom is 0.401 e. The van der Waals surface area contributed by atoms with Gasteiger partial charge in [-0.2, -0.15) is 13.2 Å². The van der Waals surface area contributed by atoms with Crippen molar-refractivity contribution in [3.63, 3.8) is 0 Å². The standard InChI is InChI=1S/C15H22F4N4.HI/c1-20-14(22-10-12-6-3-4-7-13(12)16)21-8-5-9-23(2)11-15(17,18)19;/h3-4,6-7H,5,8-11H2,1-2H3,(H2,20,21,22);1H. The van der Waals surface area contributed by atoms with E-state index in [1.165, 1.54) is 18.0 Å². The highest BCUT2D eigenvalue weighted by atomic mass is 127. The highest BCUT2D eigenvalue weighted by molar-refractivity contribution is 14.0. The summed E-state index contributed by atoms with van der Waals surface area (Å²) in [5.41, 5.74) is 0.514. The van der Waals surface area contributed by atoms with Gasteiger partial charge in [-0.05, 0) is 26.1 Å². The van der Waals surface area contributed by atoms with Crippen molar-refractivity contribution in [2.45, 2.75) is 19.1 Å². The van der Waals surface area contributed by atoms with Crippen LogP contribution in [-0.2, 0) is 6.54 Å². The molecule has 0 bridgehead atoms. The molecule has 24 heavy (non-hydrogen) atoms. The summed E-state index contributed by atoms with van der Waals surface area (Å²) in [5, 5.41) is 5.94. The van der Waals surface area contributed by atoms with E-state index < -0.39 is 12.7 Å². The molecule has 0 fully saturated rings. The molecule has 0 saturated heterocycles. The molecule has 1 aromatic rings. The Kier molecular flexibility index (Phi) is 10.9. The number of hydrogen-bond donors (Lipinski definition) is 2. The summed E-state index contributed by atoms with van der Waals surface area (Å²) >= 11 is 0. The molecule has 9 heteroatoms. The molecule has 1 aromatic carbocycles. The van der Waals surface area contributed by atoms with Crippen LogP contribution < -0.4 is 10.6 Å². The van der Waals surface area contributed by atoms with Crippen molar-refractivity contribution in [2.75, 3.05) is 33.7 Å². The number of nitrogens with one attached hydrogen (secondary N) is 2. The zero-order valence-electron chi connectivity index (χ0n) is 13.7. The third-order valence-electron chi connectivity index (χ3n) is 3.09. The van der Waals surface area contributed by atoms with Crippen LogP contribution in [0.1, 0.15) is 12.0 Å². The molecule has 0 heterocycles. The summed E-state index contributed by atoms with van der Waals surface area (Å²) in [7, 11) is 3.01. The fraction of sp³-hybridized carbons (Fsp3) is 0.533. The van der Waals surface area contributed by atoms with Crippen molar-refractivity contribution in [3.8, 4) is 0 Å². The molecular weight excluding hydrogens is 439 g/mol. The van der Waals surface area contributed by atoms with Crippen molar-refractivity contribution in [2.24, 2.45) is 4.99 Å². The van der Waals surface area contributed by atoms with E-state index in [4.69, 9.17) is 0 Å². The lowest BCUT2D eigenvalue weighted by Gasteiger charge is -2.19. The zero-order valence-corrected chi connectivity index (χ0v) is 16.0. The highest BCUT2D eigenvalue weighted by Crippen LogP contribution is 2.15. The summed E-state index contributed by atoms with van der Waals surface area (Å²) in [6, 6.07) is 6.40. The Hall–Kier alpha value is -1.10. The first-order valence-electron chi connectivity index (χ1n) is 7.25. The van der Waals surface area contributed by atoms with Gasteiger partial charge < -0.3 is 10.6 Å². The van der Waals surface area contributed by atoms with Gasteiger partial charge in [-0.25, -0.2) is 4.39 Å². The number of hydrogen-bond acceptors (Lipinski definition) is 2. The van der Waals surface area contributed by atoms with Crippen molar-refractivity contribution in [1.29, 1.82) is 0 Å². The number of halogens is 5. The lowest BCUT2D eigenvalue weighted by Crippen LogP contribution is -2.39.